The van der Waals surface area contributed by atoms with Gasteiger partial charge in [0.05, 0.1) is 18.7 Å². The minimum atomic E-state index is -1.49. The molecule has 0 aromatic rings. The third kappa shape index (κ3) is 4.90. The van der Waals surface area contributed by atoms with Gasteiger partial charge in [0, 0.05) is 13.0 Å². The third-order valence-electron chi connectivity index (χ3n) is 4.17. The summed E-state index contributed by atoms with van der Waals surface area (Å²) in [5.74, 6) is -0.213. The number of alkyl halides is 1. The molecular weight excluding hydrogens is 275 g/mol. The molecule has 1 amide bonds. The van der Waals surface area contributed by atoms with Crippen molar-refractivity contribution in [2.24, 2.45) is 0 Å². The summed E-state index contributed by atoms with van der Waals surface area (Å²) in [6, 6.07) is -1.26. The van der Waals surface area contributed by atoms with Gasteiger partial charge in [-0.1, -0.05) is 26.2 Å². The number of hydrogen-bond donors (Lipinski definition) is 3. The smallest absolute Gasteiger partial charge is 0.221 e. The Kier molecular flexibility index (Phi) is 8.14. The number of unbranched alkanes of at least 4 members (excludes halogenated alkanes) is 3. The minimum Gasteiger partial charge on any atom is -0.395 e. The molecule has 1 heterocycles. The van der Waals surface area contributed by atoms with Crippen LogP contribution in [0, 0.1) is 0 Å². The molecule has 0 aromatic carbocycles. The summed E-state index contributed by atoms with van der Waals surface area (Å²) in [5, 5.41) is 22.0. The molecule has 1 saturated heterocycles. The number of carbonyl (C=O) groups excluding carboxylic acids is 1. The molecule has 4 atom stereocenters. The molecule has 124 valence electrons. The van der Waals surface area contributed by atoms with Crippen molar-refractivity contribution < 1.29 is 19.4 Å². The summed E-state index contributed by atoms with van der Waals surface area (Å²) < 4.78 is 14.3. The van der Waals surface area contributed by atoms with Crippen LogP contribution in [0.5, 0.6) is 0 Å². The molecule has 1 rings (SSSR count). The van der Waals surface area contributed by atoms with E-state index in [0.29, 0.717) is 13.1 Å². The Bertz CT molecular complexity index is 317. The van der Waals surface area contributed by atoms with E-state index in [1.54, 1.807) is 4.90 Å². The average molecular weight is 304 g/mol. The quantitative estimate of drug-likeness (QED) is 0.552. The van der Waals surface area contributed by atoms with Crippen molar-refractivity contribution in [2.75, 3.05) is 19.7 Å². The normalized spacial score (nSPS) is 29.8. The van der Waals surface area contributed by atoms with Gasteiger partial charge in [0.1, 0.15) is 12.3 Å². The van der Waals surface area contributed by atoms with E-state index in [4.69, 9.17) is 0 Å². The second kappa shape index (κ2) is 9.33. The predicted molar refractivity (Wildman–Crippen MR) is 79.7 cm³/mol. The van der Waals surface area contributed by atoms with Gasteiger partial charge in [0.2, 0.25) is 5.91 Å². The Hall–Kier alpha value is -0.720. The number of amides is 1. The van der Waals surface area contributed by atoms with Crippen LogP contribution in [0.4, 0.5) is 4.39 Å². The molecule has 0 aliphatic carbocycles. The zero-order valence-electron chi connectivity index (χ0n) is 13.1. The van der Waals surface area contributed by atoms with Gasteiger partial charge in [-0.05, 0) is 19.9 Å². The lowest BCUT2D eigenvalue weighted by atomic mass is 10.1. The molecule has 0 spiro atoms. The van der Waals surface area contributed by atoms with Gasteiger partial charge in [-0.25, -0.2) is 4.39 Å². The number of rotatable bonds is 9. The summed E-state index contributed by atoms with van der Waals surface area (Å²) in [7, 11) is 0. The molecule has 21 heavy (non-hydrogen) atoms. The van der Waals surface area contributed by atoms with Gasteiger partial charge in [-0.3, -0.25) is 9.69 Å². The topological polar surface area (TPSA) is 72.8 Å². The number of aliphatic hydroxyl groups is 2. The number of hydrogen-bond acceptors (Lipinski definition) is 4. The number of halogens is 1. The highest BCUT2D eigenvalue weighted by Gasteiger charge is 2.48. The number of nitrogens with one attached hydrogen (secondary N) is 1. The number of aliphatic hydroxyl groups excluding tert-OH is 2. The van der Waals surface area contributed by atoms with Crippen LogP contribution in [0.15, 0.2) is 0 Å². The summed E-state index contributed by atoms with van der Waals surface area (Å²) in [4.78, 5) is 13.5. The minimum absolute atomic E-state index is 0.0242. The lowest BCUT2D eigenvalue weighted by Crippen LogP contribution is -2.43. The first-order valence-electron chi connectivity index (χ1n) is 8.02. The molecule has 0 saturated carbocycles. The van der Waals surface area contributed by atoms with Crippen LogP contribution in [0.2, 0.25) is 0 Å². The lowest BCUT2D eigenvalue weighted by molar-refractivity contribution is -0.122. The Balaban J connectivity index is 2.67. The molecule has 1 fully saturated rings. The fourth-order valence-electron chi connectivity index (χ4n) is 3.02. The van der Waals surface area contributed by atoms with Crippen LogP contribution in [-0.4, -0.2) is 65.1 Å². The van der Waals surface area contributed by atoms with E-state index in [1.165, 1.54) is 0 Å². The van der Waals surface area contributed by atoms with Crippen LogP contribution in [0.25, 0.3) is 0 Å². The van der Waals surface area contributed by atoms with E-state index in [1.807, 2.05) is 6.92 Å². The van der Waals surface area contributed by atoms with Gasteiger partial charge >= 0.3 is 0 Å². The Morgan fingerprint density at radius 2 is 1.95 bits per heavy atom. The van der Waals surface area contributed by atoms with Gasteiger partial charge in [0.25, 0.3) is 0 Å². The van der Waals surface area contributed by atoms with Gasteiger partial charge in [-0.2, -0.15) is 0 Å². The highest BCUT2D eigenvalue weighted by molar-refractivity contribution is 5.76. The largest absolute Gasteiger partial charge is 0.395 e. The van der Waals surface area contributed by atoms with E-state index < -0.39 is 24.4 Å². The molecule has 0 aromatic heterocycles. The Morgan fingerprint density at radius 3 is 2.52 bits per heavy atom. The monoisotopic (exact) mass is 304 g/mol. The molecule has 1 aliphatic rings. The lowest BCUT2D eigenvalue weighted by Gasteiger charge is -2.29. The van der Waals surface area contributed by atoms with Crippen LogP contribution in [-0.2, 0) is 4.79 Å². The van der Waals surface area contributed by atoms with E-state index in [-0.39, 0.29) is 18.9 Å². The first-order chi connectivity index (χ1) is 10.1. The summed E-state index contributed by atoms with van der Waals surface area (Å²) in [5.41, 5.74) is 0. The maximum absolute atomic E-state index is 14.3. The Labute approximate surface area is 126 Å². The average Bonchev–Trinajstić information content (AvgIpc) is 2.68. The van der Waals surface area contributed by atoms with Crippen molar-refractivity contribution in [1.82, 2.24) is 10.2 Å². The maximum Gasteiger partial charge on any atom is 0.221 e. The van der Waals surface area contributed by atoms with E-state index in [2.05, 4.69) is 12.2 Å². The first kappa shape index (κ1) is 18.3. The van der Waals surface area contributed by atoms with Crippen molar-refractivity contribution in [1.29, 1.82) is 0 Å². The summed E-state index contributed by atoms with van der Waals surface area (Å²) in [6.45, 7) is 4.75. The predicted octanol–water partition coefficient (Wildman–Crippen LogP) is 0.837. The molecule has 0 bridgehead atoms. The van der Waals surface area contributed by atoms with E-state index >= 15 is 0 Å². The first-order valence-corrected chi connectivity index (χ1v) is 8.02. The molecular formula is C15H29FN2O3. The number of likely N-dealkylation sites (tertiary alicyclic amines) is 1. The number of carbonyl (C=O) groups is 1. The highest BCUT2D eigenvalue weighted by Crippen LogP contribution is 2.30. The molecule has 6 heteroatoms. The maximum atomic E-state index is 14.3. The zero-order valence-corrected chi connectivity index (χ0v) is 13.1. The van der Waals surface area contributed by atoms with Crippen molar-refractivity contribution >= 4 is 5.91 Å². The molecule has 0 unspecified atom stereocenters. The molecule has 1 aliphatic heterocycles. The standard InChI is InChI=1S/C15H29FN2O3/c1-3-5-6-7-8-18-11(9-13(20)17-4-2)14(16)15(21)12(18)10-19/h11-12,14-15,19,21H,3-10H2,1-2H3,(H,17,20)/t11-,12-,14-,15-/m1/s1. The van der Waals surface area contributed by atoms with Crippen LogP contribution in [0.3, 0.4) is 0 Å². The molecule has 5 nitrogen and oxygen atoms in total. The SMILES string of the molecule is CCCCCCN1[C@H](CO)[C@@H](O)[C@H](F)[C@H]1CC(=O)NCC. The fourth-order valence-corrected chi connectivity index (χ4v) is 3.02. The molecule has 0 radical (unpaired) electrons. The van der Waals surface area contributed by atoms with Crippen LogP contribution >= 0.6 is 0 Å². The van der Waals surface area contributed by atoms with Crippen molar-refractivity contribution in [2.45, 2.75) is 70.3 Å². The second-order valence-electron chi connectivity index (χ2n) is 5.71. The summed E-state index contributed by atoms with van der Waals surface area (Å²) >= 11 is 0. The number of nitrogens with zero attached hydrogens (tertiary/aromatic N) is 1. The molecule has 3 N–H and O–H groups in total. The third-order valence-corrected chi connectivity index (χ3v) is 4.17. The fraction of sp³-hybridized carbons (Fsp3) is 0.933. The van der Waals surface area contributed by atoms with E-state index in [0.717, 1.165) is 25.7 Å². The van der Waals surface area contributed by atoms with Gasteiger partial charge in [0.15, 0.2) is 0 Å². The van der Waals surface area contributed by atoms with Crippen LogP contribution < -0.4 is 5.32 Å². The van der Waals surface area contributed by atoms with Crippen molar-refractivity contribution in [3.63, 3.8) is 0 Å². The Morgan fingerprint density at radius 1 is 1.24 bits per heavy atom. The van der Waals surface area contributed by atoms with Gasteiger partial charge < -0.3 is 15.5 Å². The van der Waals surface area contributed by atoms with E-state index in [9.17, 15) is 19.4 Å². The zero-order chi connectivity index (χ0) is 15.8. The van der Waals surface area contributed by atoms with Gasteiger partial charge in [-0.15, -0.1) is 0 Å². The van der Waals surface area contributed by atoms with Crippen molar-refractivity contribution in [3.05, 3.63) is 0 Å². The summed E-state index contributed by atoms with van der Waals surface area (Å²) in [6.07, 6.45) is 1.45. The second-order valence-corrected chi connectivity index (χ2v) is 5.71. The van der Waals surface area contributed by atoms with Crippen molar-refractivity contribution in [3.8, 4) is 0 Å². The van der Waals surface area contributed by atoms with Crippen LogP contribution in [0.1, 0.15) is 46.0 Å². The highest BCUT2D eigenvalue weighted by atomic mass is 19.1.